The quantitative estimate of drug-likeness (QED) is 0.261. The van der Waals surface area contributed by atoms with E-state index in [-0.39, 0.29) is 48.0 Å². The Kier molecular flexibility index (Phi) is 8.71. The summed E-state index contributed by atoms with van der Waals surface area (Å²) in [7, 11) is -3.25. The van der Waals surface area contributed by atoms with Crippen molar-refractivity contribution in [3.05, 3.63) is 34.9 Å². The van der Waals surface area contributed by atoms with Gasteiger partial charge in [0.1, 0.15) is 0 Å². The van der Waals surface area contributed by atoms with Crippen LogP contribution in [0, 0.1) is 17.1 Å². The van der Waals surface area contributed by atoms with E-state index >= 15 is 0 Å². The molecule has 0 radical (unpaired) electrons. The van der Waals surface area contributed by atoms with E-state index in [9.17, 15) is 35.9 Å². The van der Waals surface area contributed by atoms with Crippen molar-refractivity contribution in [2.24, 2.45) is 5.92 Å². The molecule has 218 valence electrons. The summed E-state index contributed by atoms with van der Waals surface area (Å²) in [6, 6.07) is 0.371. The van der Waals surface area contributed by atoms with Gasteiger partial charge in [-0.2, -0.15) is 13.2 Å². The van der Waals surface area contributed by atoms with Gasteiger partial charge in [0.15, 0.2) is 22.3 Å². The Morgan fingerprint density at radius 1 is 1.36 bits per heavy atom. The molecule has 1 amide bonds. The summed E-state index contributed by atoms with van der Waals surface area (Å²) in [4.78, 5) is 16.7. The second-order valence-corrected chi connectivity index (χ2v) is 13.3. The molecule has 39 heavy (non-hydrogen) atoms. The van der Waals surface area contributed by atoms with Gasteiger partial charge >= 0.3 is 6.18 Å². The van der Waals surface area contributed by atoms with Gasteiger partial charge in [-0.05, 0) is 59.0 Å². The molecule has 1 aliphatic carbocycles. The van der Waals surface area contributed by atoms with Crippen LogP contribution in [0.4, 0.5) is 17.6 Å². The highest BCUT2D eigenvalue weighted by Gasteiger charge is 2.41. The highest BCUT2D eigenvalue weighted by Crippen LogP contribution is 2.34. The third-order valence-electron chi connectivity index (χ3n) is 7.09. The van der Waals surface area contributed by atoms with Gasteiger partial charge in [-0.1, -0.05) is 0 Å². The van der Waals surface area contributed by atoms with Crippen molar-refractivity contribution in [1.82, 2.24) is 15.6 Å². The molecular weight excluding hydrogens is 544 g/mol. The molecule has 0 saturated carbocycles. The normalized spacial score (nSPS) is 24.3. The largest absolute Gasteiger partial charge is 0.468 e. The highest BCUT2D eigenvalue weighted by molar-refractivity contribution is 7.91. The molecule has 1 aromatic heterocycles. The van der Waals surface area contributed by atoms with Crippen molar-refractivity contribution in [2.75, 3.05) is 18.1 Å². The van der Waals surface area contributed by atoms with E-state index < -0.39 is 57.4 Å². The molecule has 2 aliphatic rings. The summed E-state index contributed by atoms with van der Waals surface area (Å²) >= 11 is 0. The van der Waals surface area contributed by atoms with Crippen LogP contribution in [0.25, 0.3) is 0 Å². The molecule has 4 N–H and O–H groups in total. The van der Waals surface area contributed by atoms with E-state index in [1.165, 1.54) is 0 Å². The van der Waals surface area contributed by atoms with Gasteiger partial charge in [0, 0.05) is 23.2 Å². The van der Waals surface area contributed by atoms with Crippen molar-refractivity contribution in [2.45, 2.75) is 76.7 Å². The molecule has 2 heterocycles. The lowest BCUT2D eigenvalue weighted by atomic mass is 9.82. The van der Waals surface area contributed by atoms with Crippen molar-refractivity contribution in [3.63, 3.8) is 0 Å². The molecule has 0 aromatic carbocycles. The van der Waals surface area contributed by atoms with Crippen LogP contribution in [0.5, 0.6) is 5.88 Å². The number of nitrogens with zero attached hydrogens (tertiary/aromatic N) is 1. The molecule has 9 nitrogen and oxygen atoms in total. The maximum absolute atomic E-state index is 14.7. The number of aromatic nitrogens is 1. The Bertz CT molecular complexity index is 1260. The maximum Gasteiger partial charge on any atom is 0.422 e. The first-order valence-electron chi connectivity index (χ1n) is 12.5. The number of amides is 1. The summed E-state index contributed by atoms with van der Waals surface area (Å²) in [5.74, 6) is -2.55. The van der Waals surface area contributed by atoms with Crippen LogP contribution < -0.4 is 15.4 Å². The van der Waals surface area contributed by atoms with E-state index in [1.807, 2.05) is 0 Å². The Morgan fingerprint density at radius 3 is 2.59 bits per heavy atom. The van der Waals surface area contributed by atoms with Crippen LogP contribution in [0.15, 0.2) is 23.5 Å². The number of halogens is 4. The topological polar surface area (TPSA) is 141 Å². The van der Waals surface area contributed by atoms with E-state index in [1.54, 1.807) is 27.7 Å². The summed E-state index contributed by atoms with van der Waals surface area (Å²) in [5, 5.41) is 25.2. The van der Waals surface area contributed by atoms with Crippen molar-refractivity contribution in [3.8, 4) is 5.88 Å². The van der Waals surface area contributed by atoms with E-state index in [2.05, 4.69) is 20.4 Å². The average Bonchev–Trinajstić information content (AvgIpc) is 3.08. The van der Waals surface area contributed by atoms with Crippen molar-refractivity contribution >= 4 is 21.5 Å². The minimum Gasteiger partial charge on any atom is -0.468 e. The van der Waals surface area contributed by atoms with Gasteiger partial charge in [0.25, 0.3) is 0 Å². The predicted octanol–water partition coefficient (Wildman–Crippen LogP) is 3.03. The van der Waals surface area contributed by atoms with Crippen LogP contribution in [-0.2, 0) is 14.6 Å². The number of alkyl halides is 3. The number of nitrogens with one attached hydrogen (secondary N) is 3. The number of rotatable bonds is 9. The number of ether oxygens (including phenoxy) is 1. The number of hydrogen-bond acceptors (Lipinski definition) is 8. The molecule has 1 saturated heterocycles. The van der Waals surface area contributed by atoms with Gasteiger partial charge < -0.3 is 20.5 Å². The maximum atomic E-state index is 14.7. The zero-order valence-electron chi connectivity index (χ0n) is 22.2. The standard InChI is InChI=1S/C25H34F4N4O5S/c1-14(23(2,3)35)32-19-9-15(22(34)33-24(4)7-8-39(36,37)13-24)5-6-16(19)21(30)17-10-20(31-11-18(17)26)38-12-25(27,28)29/h10-11,14-15,30,32,35H,5-9,12-13H2,1-4H3,(H,33,34)/t14?,15-,24+/m1/s1. The zero-order valence-corrected chi connectivity index (χ0v) is 23.0. The second kappa shape index (κ2) is 11.0. The number of carbonyl (C=O) groups excluding carboxylic acids is 1. The van der Waals surface area contributed by atoms with Gasteiger partial charge in [-0.15, -0.1) is 0 Å². The van der Waals surface area contributed by atoms with Crippen LogP contribution in [0.3, 0.4) is 0 Å². The molecule has 1 aliphatic heterocycles. The van der Waals surface area contributed by atoms with Gasteiger partial charge in [0.2, 0.25) is 11.8 Å². The van der Waals surface area contributed by atoms with Crippen LogP contribution in [0.1, 0.15) is 58.9 Å². The van der Waals surface area contributed by atoms with E-state index in [4.69, 9.17) is 5.41 Å². The fourth-order valence-electron chi connectivity index (χ4n) is 4.54. The van der Waals surface area contributed by atoms with Crippen LogP contribution in [0.2, 0.25) is 0 Å². The molecule has 3 atom stereocenters. The number of hydrogen-bond donors (Lipinski definition) is 4. The Hall–Kier alpha value is -2.74. The molecule has 1 unspecified atom stereocenters. The van der Waals surface area contributed by atoms with Gasteiger partial charge in [-0.3, -0.25) is 10.2 Å². The lowest BCUT2D eigenvalue weighted by Gasteiger charge is -2.35. The van der Waals surface area contributed by atoms with Crippen LogP contribution >= 0.6 is 0 Å². The zero-order chi connectivity index (χ0) is 29.4. The van der Waals surface area contributed by atoms with Gasteiger partial charge in [-0.25, -0.2) is 17.8 Å². The predicted molar refractivity (Wildman–Crippen MR) is 136 cm³/mol. The smallest absolute Gasteiger partial charge is 0.422 e. The summed E-state index contributed by atoms with van der Waals surface area (Å²) < 4.78 is 80.9. The first-order valence-corrected chi connectivity index (χ1v) is 14.3. The van der Waals surface area contributed by atoms with E-state index in [0.717, 1.165) is 6.07 Å². The summed E-state index contributed by atoms with van der Waals surface area (Å²) in [5.41, 5.74) is -2.00. The monoisotopic (exact) mass is 578 g/mol. The SMILES string of the molecule is CC(NC1=C(C(=N)c2cc(OCC(F)(F)F)ncc2F)CC[C@@H](C(=O)N[C@@]2(C)CCS(=O)(=O)C2)C1)C(C)(C)O. The summed E-state index contributed by atoms with van der Waals surface area (Å²) in [6.07, 6.45) is -3.16. The summed E-state index contributed by atoms with van der Waals surface area (Å²) in [6.45, 7) is 4.87. The molecule has 3 rings (SSSR count). The molecule has 14 heteroatoms. The lowest BCUT2D eigenvalue weighted by Crippen LogP contribution is -2.50. The number of sulfone groups is 1. The third-order valence-corrected chi connectivity index (χ3v) is 9.00. The Balaban J connectivity index is 1.89. The fraction of sp³-hybridized carbons (Fsp3) is 0.640. The van der Waals surface area contributed by atoms with Crippen molar-refractivity contribution in [1.29, 1.82) is 5.41 Å². The molecule has 0 bridgehead atoms. The molecular formula is C25H34F4N4O5S. The fourth-order valence-corrected chi connectivity index (χ4v) is 6.63. The lowest BCUT2D eigenvalue weighted by molar-refractivity contribution is -0.154. The number of carbonyl (C=O) groups is 1. The minimum absolute atomic E-state index is 0.0161. The Morgan fingerprint density at radius 2 is 2.03 bits per heavy atom. The Labute approximate surface area is 224 Å². The average molecular weight is 579 g/mol. The minimum atomic E-state index is -4.63. The number of pyridine rings is 1. The van der Waals surface area contributed by atoms with Crippen LogP contribution in [-0.4, -0.2) is 71.6 Å². The third kappa shape index (κ3) is 8.13. The first kappa shape index (κ1) is 30.8. The highest BCUT2D eigenvalue weighted by atomic mass is 32.2. The van der Waals surface area contributed by atoms with Crippen molar-refractivity contribution < 1.29 is 40.6 Å². The molecule has 0 spiro atoms. The first-order chi connectivity index (χ1) is 17.8. The van der Waals surface area contributed by atoms with Gasteiger partial charge in [0.05, 0.1) is 40.6 Å². The van der Waals surface area contributed by atoms with E-state index in [0.29, 0.717) is 23.9 Å². The number of aliphatic hydroxyl groups is 1. The molecule has 1 fully saturated rings. The second-order valence-electron chi connectivity index (χ2n) is 11.1. The number of allylic oxidation sites excluding steroid dienone is 2. The molecule has 1 aromatic rings.